The highest BCUT2D eigenvalue weighted by Gasteiger charge is 2.21. The molecular weight excluding hydrogens is 512 g/mol. The second-order valence-electron chi connectivity index (χ2n) is 11.9. The van der Waals surface area contributed by atoms with Crippen molar-refractivity contribution in [2.24, 2.45) is 0 Å². The first kappa shape index (κ1) is 28.2. The van der Waals surface area contributed by atoms with Gasteiger partial charge in [0.25, 0.3) is 0 Å². The van der Waals surface area contributed by atoms with Crippen molar-refractivity contribution < 1.29 is 0 Å². The van der Waals surface area contributed by atoms with Crippen LogP contribution in [0.2, 0.25) is 0 Å². The zero-order valence-corrected chi connectivity index (χ0v) is 26.2. The average Bonchev–Trinajstić information content (AvgIpc) is 3.69. The van der Waals surface area contributed by atoms with Gasteiger partial charge in [-0.2, -0.15) is 0 Å². The van der Waals surface area contributed by atoms with Crippen LogP contribution in [0.3, 0.4) is 0 Å². The van der Waals surface area contributed by atoms with Crippen LogP contribution in [0.1, 0.15) is 100 Å². The highest BCUT2D eigenvalue weighted by molar-refractivity contribution is 5.94. The molecule has 0 unspecified atom stereocenters. The van der Waals surface area contributed by atoms with Crippen molar-refractivity contribution in [1.29, 1.82) is 0 Å². The molecule has 4 heteroatoms. The number of aromatic nitrogens is 4. The van der Waals surface area contributed by atoms with Crippen LogP contribution in [0.5, 0.6) is 0 Å². The first-order valence-electron chi connectivity index (χ1n) is 16.0. The van der Waals surface area contributed by atoms with E-state index in [1.165, 1.54) is 73.9 Å². The summed E-state index contributed by atoms with van der Waals surface area (Å²) < 4.78 is 0. The van der Waals surface area contributed by atoms with E-state index in [9.17, 15) is 0 Å². The number of hydrogen-bond acceptors (Lipinski definition) is 2. The molecule has 6 rings (SSSR count). The topological polar surface area (TPSA) is 57.4 Å². The van der Waals surface area contributed by atoms with Crippen molar-refractivity contribution in [3.05, 3.63) is 82.2 Å². The molecule has 0 saturated carbocycles. The molecule has 0 radical (unpaired) electrons. The van der Waals surface area contributed by atoms with Crippen molar-refractivity contribution >= 4 is 33.2 Å². The monoisotopic (exact) mass is 556 g/mol. The van der Waals surface area contributed by atoms with Crippen molar-refractivity contribution in [1.82, 2.24) is 19.9 Å². The van der Waals surface area contributed by atoms with Crippen LogP contribution in [0.4, 0.5) is 0 Å². The van der Waals surface area contributed by atoms with Crippen LogP contribution in [-0.2, 0) is 19.3 Å². The summed E-state index contributed by atoms with van der Waals surface area (Å²) in [5, 5.41) is 0. The lowest BCUT2D eigenvalue weighted by Crippen LogP contribution is -1.87. The van der Waals surface area contributed by atoms with Gasteiger partial charge in [-0.15, -0.1) is 0 Å². The Kier molecular flexibility index (Phi) is 7.90. The number of H-pyrrole nitrogens is 2. The summed E-state index contributed by atoms with van der Waals surface area (Å²) in [6.07, 6.45) is 8.74. The number of allylic oxidation sites excluding steroid dienone is 2. The number of aromatic amines is 2. The Morgan fingerprint density at radius 2 is 1.12 bits per heavy atom. The van der Waals surface area contributed by atoms with Gasteiger partial charge in [0.05, 0.1) is 22.8 Å². The standard InChI is InChI=1S/C38H44N4/c1-7-11-15-27-23(5)31-19-37-29-17-13-14-18-30(29)38(42-37)20-32-24(6)28(16-12-8-2)36(40-32)22-34-26(10-4)25(9-3)33(41-34)21-35(27)39-31/h13-14,17-22,39,41H,7-12,15-16H2,1-6H3. The van der Waals surface area contributed by atoms with Crippen molar-refractivity contribution in [2.45, 2.75) is 92.9 Å². The molecule has 0 spiro atoms. The Morgan fingerprint density at radius 3 is 1.79 bits per heavy atom. The largest absolute Gasteiger partial charge is 0.355 e. The third-order valence-corrected chi connectivity index (χ3v) is 9.23. The molecule has 216 valence electrons. The van der Waals surface area contributed by atoms with Crippen LogP contribution in [0.25, 0.3) is 55.7 Å². The molecule has 8 bridgehead atoms. The summed E-state index contributed by atoms with van der Waals surface area (Å²) in [6.45, 7) is 13.6. The second-order valence-corrected chi connectivity index (χ2v) is 11.9. The maximum absolute atomic E-state index is 5.27. The van der Waals surface area contributed by atoms with Gasteiger partial charge in [-0.05, 0) is 110 Å². The Balaban J connectivity index is 1.77. The van der Waals surface area contributed by atoms with Gasteiger partial charge >= 0.3 is 0 Å². The molecule has 0 amide bonds. The Hall–Kier alpha value is -3.92. The zero-order valence-electron chi connectivity index (χ0n) is 26.2. The fraction of sp³-hybridized carbons (Fsp3) is 0.368. The van der Waals surface area contributed by atoms with Gasteiger partial charge in [0.1, 0.15) is 0 Å². The minimum absolute atomic E-state index is 0.986. The van der Waals surface area contributed by atoms with Crippen molar-refractivity contribution in [3.63, 3.8) is 0 Å². The minimum atomic E-state index is 0.986. The van der Waals surface area contributed by atoms with Gasteiger partial charge in [-0.25, -0.2) is 9.97 Å². The van der Waals surface area contributed by atoms with Crippen LogP contribution >= 0.6 is 0 Å². The summed E-state index contributed by atoms with van der Waals surface area (Å²) in [6, 6.07) is 17.7. The molecule has 1 aromatic carbocycles. The van der Waals surface area contributed by atoms with E-state index in [4.69, 9.17) is 9.97 Å². The molecule has 0 aliphatic carbocycles. The van der Waals surface area contributed by atoms with Crippen molar-refractivity contribution in [2.75, 3.05) is 0 Å². The SMILES string of the molecule is CCCCC1=C(C)c2cc3nc(cc4[nH]c(cc5[nH]c(cc1n2)c(CC)c5CC)c(CCCC)c4C)-c1ccccc1-3. The van der Waals surface area contributed by atoms with E-state index >= 15 is 0 Å². The third kappa shape index (κ3) is 4.91. The molecule has 4 nitrogen and oxygen atoms in total. The fourth-order valence-corrected chi connectivity index (χ4v) is 6.80. The number of nitrogens with one attached hydrogen (secondary N) is 2. The smallest absolute Gasteiger partial charge is 0.0737 e. The molecule has 2 aliphatic rings. The molecule has 0 atom stereocenters. The van der Waals surface area contributed by atoms with Crippen LogP contribution in [-0.4, -0.2) is 19.9 Å². The van der Waals surface area contributed by atoms with E-state index < -0.39 is 0 Å². The maximum Gasteiger partial charge on any atom is 0.0737 e. The highest BCUT2D eigenvalue weighted by Crippen LogP contribution is 2.39. The molecule has 42 heavy (non-hydrogen) atoms. The molecule has 2 N–H and O–H groups in total. The molecule has 4 aromatic rings. The minimum Gasteiger partial charge on any atom is -0.355 e. The van der Waals surface area contributed by atoms with Gasteiger partial charge in [0.15, 0.2) is 0 Å². The van der Waals surface area contributed by atoms with E-state index in [1.54, 1.807) is 0 Å². The molecule has 5 heterocycles. The van der Waals surface area contributed by atoms with E-state index in [0.717, 1.165) is 66.8 Å². The third-order valence-electron chi connectivity index (χ3n) is 9.23. The van der Waals surface area contributed by atoms with Crippen LogP contribution in [0.15, 0.2) is 48.5 Å². The van der Waals surface area contributed by atoms with Gasteiger partial charge in [0, 0.05) is 33.2 Å². The zero-order chi connectivity index (χ0) is 29.4. The van der Waals surface area contributed by atoms with Gasteiger partial charge < -0.3 is 9.97 Å². The summed E-state index contributed by atoms with van der Waals surface area (Å²) in [5.41, 5.74) is 19.4. The number of nitrogens with zero attached hydrogens (tertiary/aromatic N) is 2. The first-order valence-corrected chi connectivity index (χ1v) is 16.0. The number of aryl methyl sites for hydroxylation is 4. The molecular formula is C38H44N4. The van der Waals surface area contributed by atoms with Crippen molar-refractivity contribution in [3.8, 4) is 22.5 Å². The summed E-state index contributed by atoms with van der Waals surface area (Å²) in [5.74, 6) is 0. The quantitative estimate of drug-likeness (QED) is 0.200. The Bertz CT molecular complexity index is 1850. The summed E-state index contributed by atoms with van der Waals surface area (Å²) in [7, 11) is 0. The number of benzene rings is 1. The number of fused-ring (bicyclic) bond motifs is 11. The van der Waals surface area contributed by atoms with Gasteiger partial charge in [0.2, 0.25) is 0 Å². The molecule has 0 saturated heterocycles. The lowest BCUT2D eigenvalue weighted by molar-refractivity contribution is 0.797. The Morgan fingerprint density at radius 1 is 0.571 bits per heavy atom. The molecule has 3 aromatic heterocycles. The maximum atomic E-state index is 5.27. The van der Waals surface area contributed by atoms with E-state index in [0.29, 0.717) is 0 Å². The van der Waals surface area contributed by atoms with E-state index in [1.807, 2.05) is 0 Å². The Labute approximate surface area is 250 Å². The molecule has 0 fully saturated rings. The van der Waals surface area contributed by atoms with Gasteiger partial charge in [-0.1, -0.05) is 64.8 Å². The summed E-state index contributed by atoms with van der Waals surface area (Å²) in [4.78, 5) is 18.2. The van der Waals surface area contributed by atoms with Crippen LogP contribution in [0, 0.1) is 6.92 Å². The molecule has 2 aliphatic heterocycles. The lowest BCUT2D eigenvalue weighted by atomic mass is 9.99. The van der Waals surface area contributed by atoms with Crippen LogP contribution < -0.4 is 0 Å². The predicted molar refractivity (Wildman–Crippen MR) is 180 cm³/mol. The first-order chi connectivity index (χ1) is 20.5. The predicted octanol–water partition coefficient (Wildman–Crippen LogP) is 10.5. The summed E-state index contributed by atoms with van der Waals surface area (Å²) >= 11 is 0. The fourth-order valence-electron chi connectivity index (χ4n) is 6.80. The normalized spacial score (nSPS) is 12.7. The van der Waals surface area contributed by atoms with E-state index in [-0.39, 0.29) is 0 Å². The average molecular weight is 557 g/mol. The van der Waals surface area contributed by atoms with E-state index in [2.05, 4.69) is 100 Å². The highest BCUT2D eigenvalue weighted by atomic mass is 14.8. The number of rotatable bonds is 8. The lowest BCUT2D eigenvalue weighted by Gasteiger charge is -2.03. The number of unbranched alkanes of at least 4 members (excludes halogenated alkanes) is 2. The second kappa shape index (κ2) is 11.8. The number of hydrogen-bond donors (Lipinski definition) is 2. The van der Waals surface area contributed by atoms with Gasteiger partial charge in [-0.3, -0.25) is 0 Å².